The van der Waals surface area contributed by atoms with Crippen LogP contribution in [0.25, 0.3) is 11.1 Å². The maximum absolute atomic E-state index is 14.7. The quantitative estimate of drug-likeness (QED) is 0.206. The van der Waals surface area contributed by atoms with Gasteiger partial charge in [0.2, 0.25) is 0 Å². The van der Waals surface area contributed by atoms with Gasteiger partial charge in [0.25, 0.3) is 0 Å². The van der Waals surface area contributed by atoms with E-state index in [0.29, 0.717) is 11.5 Å². The Morgan fingerprint density at radius 2 is 1.47 bits per heavy atom. The molecule has 172 valence electrons. The molecule has 0 N–H and O–H groups in total. The van der Waals surface area contributed by atoms with E-state index >= 15 is 0 Å². The fourth-order valence-electron chi connectivity index (χ4n) is 3.72. The van der Waals surface area contributed by atoms with Crippen molar-refractivity contribution in [1.29, 1.82) is 0 Å². The lowest BCUT2D eigenvalue weighted by molar-refractivity contribution is 0.0724. The lowest BCUT2D eigenvalue weighted by Gasteiger charge is -2.13. The van der Waals surface area contributed by atoms with Crippen LogP contribution in [0.3, 0.4) is 0 Å². The molecule has 4 aromatic rings. The molecule has 0 amide bonds. The van der Waals surface area contributed by atoms with Gasteiger partial charge in [-0.3, -0.25) is 0 Å². The highest BCUT2D eigenvalue weighted by molar-refractivity contribution is 6.30. The molecule has 0 heterocycles. The first-order valence-corrected chi connectivity index (χ1v) is 11.0. The Bertz CT molecular complexity index is 1300. The number of hydrogen-bond acceptors (Lipinski definition) is 2. The standard InChI is InChI=1S/C28H20ClF3O2/c1-17(19-5-3-2-4-6-19)13-18-7-9-20(10-8-18)21-14-25(31)27(26(32)15-21)28(33)34-22-11-12-23(29)24(30)16-22/h2-12,14-17H,13H2,1H3/t17-/m0/s1. The van der Waals surface area contributed by atoms with Crippen molar-refractivity contribution < 1.29 is 22.7 Å². The molecular formula is C28H20ClF3O2. The van der Waals surface area contributed by atoms with Crippen LogP contribution in [0.2, 0.25) is 5.02 Å². The van der Waals surface area contributed by atoms with Gasteiger partial charge in [-0.1, -0.05) is 73.1 Å². The largest absolute Gasteiger partial charge is 0.423 e. The smallest absolute Gasteiger partial charge is 0.349 e. The Morgan fingerprint density at radius 3 is 2.09 bits per heavy atom. The van der Waals surface area contributed by atoms with Gasteiger partial charge in [-0.15, -0.1) is 0 Å². The minimum atomic E-state index is -1.27. The highest BCUT2D eigenvalue weighted by atomic mass is 35.5. The summed E-state index contributed by atoms with van der Waals surface area (Å²) < 4.78 is 47.9. The van der Waals surface area contributed by atoms with Crippen LogP contribution < -0.4 is 4.74 Å². The topological polar surface area (TPSA) is 26.3 Å². The Balaban J connectivity index is 1.51. The second-order valence-electron chi connectivity index (χ2n) is 7.99. The molecule has 0 aromatic heterocycles. The zero-order valence-corrected chi connectivity index (χ0v) is 19.0. The lowest BCUT2D eigenvalue weighted by Crippen LogP contribution is -2.13. The minimum Gasteiger partial charge on any atom is -0.423 e. The molecule has 0 radical (unpaired) electrons. The van der Waals surface area contributed by atoms with Crippen molar-refractivity contribution in [3.63, 3.8) is 0 Å². The van der Waals surface area contributed by atoms with Gasteiger partial charge in [0.15, 0.2) is 0 Å². The van der Waals surface area contributed by atoms with Crippen molar-refractivity contribution in [2.45, 2.75) is 19.3 Å². The van der Waals surface area contributed by atoms with Gasteiger partial charge in [-0.05, 0) is 58.9 Å². The number of ether oxygens (including phenoxy) is 1. The fraction of sp³-hybridized carbons (Fsp3) is 0.107. The first-order valence-electron chi connectivity index (χ1n) is 10.6. The molecule has 0 unspecified atom stereocenters. The molecule has 0 aliphatic rings. The number of hydrogen-bond donors (Lipinski definition) is 0. The number of benzene rings is 4. The Hall–Kier alpha value is -3.57. The first kappa shape index (κ1) is 23.6. The third-order valence-corrected chi connectivity index (χ3v) is 5.85. The van der Waals surface area contributed by atoms with Crippen LogP contribution in [0.4, 0.5) is 13.2 Å². The van der Waals surface area contributed by atoms with Crippen molar-refractivity contribution >= 4 is 17.6 Å². The Morgan fingerprint density at radius 1 is 0.824 bits per heavy atom. The van der Waals surface area contributed by atoms with Crippen LogP contribution in [0.5, 0.6) is 5.75 Å². The van der Waals surface area contributed by atoms with Gasteiger partial charge in [-0.2, -0.15) is 0 Å². The molecule has 4 rings (SSSR count). The zero-order valence-electron chi connectivity index (χ0n) is 18.2. The summed E-state index contributed by atoms with van der Waals surface area (Å²) in [5.74, 6) is -4.12. The summed E-state index contributed by atoms with van der Waals surface area (Å²) in [5.41, 5.74) is 2.36. The summed E-state index contributed by atoms with van der Waals surface area (Å²) in [5, 5.41) is -0.165. The second kappa shape index (κ2) is 10.1. The minimum absolute atomic E-state index is 0.165. The van der Waals surface area contributed by atoms with E-state index in [4.69, 9.17) is 16.3 Å². The van der Waals surface area contributed by atoms with Gasteiger partial charge in [-0.25, -0.2) is 18.0 Å². The molecular weight excluding hydrogens is 461 g/mol. The predicted molar refractivity (Wildman–Crippen MR) is 127 cm³/mol. The molecule has 2 nitrogen and oxygen atoms in total. The van der Waals surface area contributed by atoms with E-state index in [0.717, 1.165) is 30.2 Å². The Kier molecular flexibility index (Phi) is 7.03. The maximum atomic E-state index is 14.7. The Labute approximate surface area is 200 Å². The van der Waals surface area contributed by atoms with E-state index < -0.39 is 29.0 Å². The highest BCUT2D eigenvalue weighted by Gasteiger charge is 2.22. The van der Waals surface area contributed by atoms with Crippen molar-refractivity contribution in [2.75, 3.05) is 0 Å². The van der Waals surface area contributed by atoms with Gasteiger partial charge in [0.1, 0.15) is 28.8 Å². The van der Waals surface area contributed by atoms with Crippen molar-refractivity contribution in [2.24, 2.45) is 0 Å². The average molecular weight is 481 g/mol. The third-order valence-electron chi connectivity index (χ3n) is 5.55. The van der Waals surface area contributed by atoms with Crippen LogP contribution >= 0.6 is 11.6 Å². The maximum Gasteiger partial charge on any atom is 0.349 e. The summed E-state index contributed by atoms with van der Waals surface area (Å²) >= 11 is 5.59. The van der Waals surface area contributed by atoms with Crippen LogP contribution in [-0.4, -0.2) is 5.97 Å². The van der Waals surface area contributed by atoms with Gasteiger partial charge in [0, 0.05) is 6.07 Å². The van der Waals surface area contributed by atoms with Gasteiger partial charge >= 0.3 is 5.97 Å². The normalized spacial score (nSPS) is 11.8. The molecule has 1 atom stereocenters. The van der Waals surface area contributed by atoms with E-state index in [-0.39, 0.29) is 16.3 Å². The molecule has 0 saturated carbocycles. The van der Waals surface area contributed by atoms with Crippen molar-refractivity contribution in [1.82, 2.24) is 0 Å². The van der Waals surface area contributed by atoms with E-state index in [9.17, 15) is 18.0 Å². The SMILES string of the molecule is C[C@@H](Cc1ccc(-c2cc(F)c(C(=O)Oc3ccc(Cl)c(F)c3)c(F)c2)cc1)c1ccccc1. The number of carbonyl (C=O) groups is 1. The van der Waals surface area contributed by atoms with Crippen molar-refractivity contribution in [3.8, 4) is 16.9 Å². The van der Waals surface area contributed by atoms with E-state index in [2.05, 4.69) is 19.1 Å². The van der Waals surface area contributed by atoms with E-state index in [1.165, 1.54) is 17.7 Å². The number of rotatable bonds is 6. The lowest BCUT2D eigenvalue weighted by atomic mass is 9.93. The average Bonchev–Trinajstić information content (AvgIpc) is 2.82. The number of carbonyl (C=O) groups excluding carboxylic acids is 1. The monoisotopic (exact) mass is 480 g/mol. The molecule has 0 bridgehead atoms. The van der Waals surface area contributed by atoms with Crippen molar-refractivity contribution in [3.05, 3.63) is 124 Å². The number of halogens is 4. The van der Waals surface area contributed by atoms with E-state index in [1.807, 2.05) is 30.3 Å². The first-order chi connectivity index (χ1) is 16.3. The number of esters is 1. The molecule has 0 fully saturated rings. The van der Waals surface area contributed by atoms with Gasteiger partial charge in [0.05, 0.1) is 5.02 Å². The van der Waals surface area contributed by atoms with Gasteiger partial charge < -0.3 is 4.74 Å². The predicted octanol–water partition coefficient (Wildman–Crippen LogP) is 7.99. The summed E-state index contributed by atoms with van der Waals surface area (Å²) in [7, 11) is 0. The highest BCUT2D eigenvalue weighted by Crippen LogP contribution is 2.28. The third kappa shape index (κ3) is 5.32. The van der Waals surface area contributed by atoms with E-state index in [1.54, 1.807) is 12.1 Å². The van der Waals surface area contributed by atoms with Crippen LogP contribution in [-0.2, 0) is 6.42 Å². The molecule has 0 aliphatic carbocycles. The second-order valence-corrected chi connectivity index (χ2v) is 8.40. The summed E-state index contributed by atoms with van der Waals surface area (Å²) in [4.78, 5) is 12.3. The summed E-state index contributed by atoms with van der Waals surface area (Å²) in [6, 6.07) is 23.0. The molecule has 0 saturated heterocycles. The molecule has 0 aliphatic heterocycles. The van der Waals surface area contributed by atoms with Crippen LogP contribution in [0.1, 0.15) is 34.3 Å². The van der Waals surface area contributed by atoms with Crippen LogP contribution in [0, 0.1) is 17.5 Å². The van der Waals surface area contributed by atoms with Crippen LogP contribution in [0.15, 0.2) is 84.9 Å². The zero-order chi connectivity index (χ0) is 24.2. The summed E-state index contributed by atoms with van der Waals surface area (Å²) in [6.45, 7) is 2.14. The molecule has 0 spiro atoms. The fourth-order valence-corrected chi connectivity index (χ4v) is 3.84. The molecule has 34 heavy (non-hydrogen) atoms. The summed E-state index contributed by atoms with van der Waals surface area (Å²) in [6.07, 6.45) is 0.823. The molecule has 6 heteroatoms. The molecule has 4 aromatic carbocycles.